The molecule has 2 heteroatoms. The molecule has 0 heterocycles. The minimum absolute atomic E-state index is 0.438. The molecule has 112 valence electrons. The predicted molar refractivity (Wildman–Crippen MR) is 83.6 cm³/mol. The lowest BCUT2D eigenvalue weighted by Crippen LogP contribution is -2.62. The molecule has 0 saturated heterocycles. The normalized spacial score (nSPS) is 46.9. The largest absolute Gasteiger partial charge is 0.271 e. The molecule has 4 rings (SSSR count). The molecule has 0 amide bonds. The van der Waals surface area contributed by atoms with Gasteiger partial charge in [0.25, 0.3) is 0 Å². The van der Waals surface area contributed by atoms with E-state index in [9.17, 15) is 0 Å². The Balaban J connectivity index is 1.84. The SMILES string of the molecule is CC#CCCC(NN)C12CC3CC(C)(CC(C)(C3)C1)C2. The van der Waals surface area contributed by atoms with Crippen molar-refractivity contribution in [3.63, 3.8) is 0 Å². The fraction of sp³-hybridized carbons (Fsp3) is 0.889. The van der Waals surface area contributed by atoms with Crippen molar-refractivity contribution in [3.05, 3.63) is 0 Å². The van der Waals surface area contributed by atoms with Crippen LogP contribution < -0.4 is 11.3 Å². The third-order valence-electron chi connectivity index (χ3n) is 6.34. The number of nitrogens with one attached hydrogen (secondary N) is 1. The van der Waals surface area contributed by atoms with Crippen molar-refractivity contribution in [2.75, 3.05) is 0 Å². The summed E-state index contributed by atoms with van der Waals surface area (Å²) in [6, 6.07) is 0.449. The van der Waals surface area contributed by atoms with Crippen molar-refractivity contribution in [3.8, 4) is 11.8 Å². The second-order valence-electron chi connectivity index (χ2n) is 8.68. The van der Waals surface area contributed by atoms with Gasteiger partial charge in [-0.3, -0.25) is 11.3 Å². The standard InChI is InChI=1S/C18H30N2/c1-4-5-6-7-15(20-19)18-10-14-8-16(2,12-18)11-17(3,9-14)13-18/h14-15,20H,6-13,19H2,1-3H3. The van der Waals surface area contributed by atoms with Crippen LogP contribution in [-0.2, 0) is 0 Å². The maximum Gasteiger partial charge on any atom is 0.0276 e. The first-order valence-electron chi connectivity index (χ1n) is 8.28. The zero-order chi connectivity index (χ0) is 14.4. The molecule has 0 spiro atoms. The lowest BCUT2D eigenvalue weighted by Gasteiger charge is -2.67. The summed E-state index contributed by atoms with van der Waals surface area (Å²) in [5, 5.41) is 0. The van der Waals surface area contributed by atoms with Crippen molar-refractivity contribution >= 4 is 0 Å². The molecule has 4 aliphatic rings. The predicted octanol–water partition coefficient (Wildman–Crippen LogP) is 3.62. The molecule has 20 heavy (non-hydrogen) atoms. The zero-order valence-electron chi connectivity index (χ0n) is 13.4. The summed E-state index contributed by atoms with van der Waals surface area (Å²) in [5.74, 6) is 13.1. The van der Waals surface area contributed by atoms with E-state index >= 15 is 0 Å². The van der Waals surface area contributed by atoms with Crippen LogP contribution in [0.15, 0.2) is 0 Å². The van der Waals surface area contributed by atoms with Gasteiger partial charge in [-0.25, -0.2) is 0 Å². The summed E-state index contributed by atoms with van der Waals surface area (Å²) in [5.41, 5.74) is 4.76. The monoisotopic (exact) mass is 274 g/mol. The van der Waals surface area contributed by atoms with Gasteiger partial charge in [-0.05, 0) is 74.0 Å². The fourth-order valence-corrected chi connectivity index (χ4v) is 6.83. The van der Waals surface area contributed by atoms with Crippen molar-refractivity contribution in [2.45, 2.75) is 78.2 Å². The Morgan fingerprint density at radius 1 is 1.15 bits per heavy atom. The van der Waals surface area contributed by atoms with Gasteiger partial charge in [0.15, 0.2) is 0 Å². The van der Waals surface area contributed by atoms with Crippen LogP contribution in [0.25, 0.3) is 0 Å². The van der Waals surface area contributed by atoms with Crippen molar-refractivity contribution < 1.29 is 0 Å². The van der Waals surface area contributed by atoms with E-state index in [1.165, 1.54) is 38.5 Å². The molecule has 3 N–H and O–H groups in total. The van der Waals surface area contributed by atoms with Crippen LogP contribution in [0.3, 0.4) is 0 Å². The van der Waals surface area contributed by atoms with Crippen LogP contribution in [-0.4, -0.2) is 6.04 Å². The van der Waals surface area contributed by atoms with E-state index in [1.807, 2.05) is 6.92 Å². The first kappa shape index (κ1) is 14.4. The van der Waals surface area contributed by atoms with E-state index in [2.05, 4.69) is 31.1 Å². The summed E-state index contributed by atoms with van der Waals surface area (Å²) in [4.78, 5) is 0. The molecule has 0 aromatic heterocycles. The van der Waals surface area contributed by atoms with Crippen LogP contribution >= 0.6 is 0 Å². The van der Waals surface area contributed by atoms with Gasteiger partial charge in [-0.1, -0.05) is 13.8 Å². The minimum Gasteiger partial charge on any atom is -0.271 e. The third-order valence-corrected chi connectivity index (χ3v) is 6.34. The van der Waals surface area contributed by atoms with Crippen molar-refractivity contribution in [1.29, 1.82) is 0 Å². The van der Waals surface area contributed by atoms with Gasteiger partial charge in [0.05, 0.1) is 0 Å². The number of hydrogen-bond donors (Lipinski definition) is 2. The van der Waals surface area contributed by atoms with Gasteiger partial charge in [0, 0.05) is 12.5 Å². The molecular weight excluding hydrogens is 244 g/mol. The Morgan fingerprint density at radius 2 is 1.80 bits per heavy atom. The minimum atomic E-state index is 0.438. The van der Waals surface area contributed by atoms with Gasteiger partial charge in [-0.2, -0.15) is 0 Å². The van der Waals surface area contributed by atoms with Crippen molar-refractivity contribution in [1.82, 2.24) is 5.43 Å². The molecule has 4 bridgehead atoms. The van der Waals surface area contributed by atoms with Crippen LogP contribution in [0.5, 0.6) is 0 Å². The van der Waals surface area contributed by atoms with E-state index in [1.54, 1.807) is 0 Å². The highest BCUT2D eigenvalue weighted by Gasteiger charge is 2.61. The Hall–Kier alpha value is -0.520. The van der Waals surface area contributed by atoms with E-state index in [-0.39, 0.29) is 0 Å². The second kappa shape index (κ2) is 4.75. The van der Waals surface area contributed by atoms with Crippen LogP contribution in [0.4, 0.5) is 0 Å². The van der Waals surface area contributed by atoms with Gasteiger partial charge in [0.1, 0.15) is 0 Å². The zero-order valence-corrected chi connectivity index (χ0v) is 13.4. The Kier molecular flexibility index (Phi) is 3.42. The van der Waals surface area contributed by atoms with E-state index in [0.29, 0.717) is 22.3 Å². The first-order valence-corrected chi connectivity index (χ1v) is 8.28. The lowest BCUT2D eigenvalue weighted by molar-refractivity contribution is -0.158. The number of nitrogens with two attached hydrogens (primary N) is 1. The average molecular weight is 274 g/mol. The second-order valence-corrected chi connectivity index (χ2v) is 8.68. The maximum atomic E-state index is 5.96. The molecule has 4 fully saturated rings. The van der Waals surface area contributed by atoms with E-state index < -0.39 is 0 Å². The molecule has 0 aliphatic heterocycles. The Morgan fingerprint density at radius 3 is 2.30 bits per heavy atom. The molecule has 0 aromatic carbocycles. The molecule has 0 aromatic rings. The molecule has 4 aliphatic carbocycles. The molecule has 0 radical (unpaired) electrons. The lowest BCUT2D eigenvalue weighted by atomic mass is 9.39. The molecule has 2 nitrogen and oxygen atoms in total. The first-order chi connectivity index (χ1) is 9.43. The summed E-state index contributed by atoms with van der Waals surface area (Å²) in [7, 11) is 0. The summed E-state index contributed by atoms with van der Waals surface area (Å²) in [6.07, 6.45) is 10.6. The highest BCUT2D eigenvalue weighted by molar-refractivity contribution is 5.13. The highest BCUT2D eigenvalue weighted by atomic mass is 15.2. The maximum absolute atomic E-state index is 5.96. The summed E-state index contributed by atoms with van der Waals surface area (Å²) >= 11 is 0. The average Bonchev–Trinajstić information content (AvgIpc) is 2.29. The molecule has 3 unspecified atom stereocenters. The molecular formula is C18H30N2. The smallest absolute Gasteiger partial charge is 0.0276 e. The molecule has 4 saturated carbocycles. The summed E-state index contributed by atoms with van der Waals surface area (Å²) < 4.78 is 0. The number of rotatable bonds is 4. The molecule has 3 atom stereocenters. The third kappa shape index (κ3) is 2.30. The Bertz CT molecular complexity index is 426. The van der Waals surface area contributed by atoms with E-state index in [0.717, 1.165) is 18.8 Å². The van der Waals surface area contributed by atoms with Gasteiger partial charge in [-0.15, -0.1) is 11.8 Å². The quantitative estimate of drug-likeness (QED) is 0.467. The van der Waals surface area contributed by atoms with Crippen LogP contribution in [0, 0.1) is 34.0 Å². The van der Waals surface area contributed by atoms with Gasteiger partial charge < -0.3 is 0 Å². The summed E-state index contributed by atoms with van der Waals surface area (Å²) in [6.45, 7) is 6.99. The fourth-order valence-electron chi connectivity index (χ4n) is 6.83. The van der Waals surface area contributed by atoms with Gasteiger partial charge >= 0.3 is 0 Å². The topological polar surface area (TPSA) is 38.0 Å². The van der Waals surface area contributed by atoms with Gasteiger partial charge in [0.2, 0.25) is 0 Å². The highest BCUT2D eigenvalue weighted by Crippen LogP contribution is 2.70. The van der Waals surface area contributed by atoms with E-state index in [4.69, 9.17) is 5.84 Å². The Labute approximate surface area is 124 Å². The number of hydrazine groups is 1. The van der Waals surface area contributed by atoms with Crippen LogP contribution in [0.1, 0.15) is 72.1 Å². The number of hydrogen-bond acceptors (Lipinski definition) is 2. The van der Waals surface area contributed by atoms with Crippen molar-refractivity contribution in [2.24, 2.45) is 28.0 Å². The van der Waals surface area contributed by atoms with Crippen LogP contribution in [0.2, 0.25) is 0 Å².